The third-order valence-corrected chi connectivity index (χ3v) is 3.30. The normalized spacial score (nSPS) is 10.8. The summed E-state index contributed by atoms with van der Waals surface area (Å²) in [7, 11) is 1.50. The Morgan fingerprint density at radius 2 is 1.73 bits per heavy atom. The molecule has 78 valence electrons. The van der Waals surface area contributed by atoms with Gasteiger partial charge < -0.3 is 5.11 Å². The summed E-state index contributed by atoms with van der Waals surface area (Å²) < 4.78 is 0. The van der Waals surface area contributed by atoms with Crippen LogP contribution < -0.4 is 0 Å². The van der Waals surface area contributed by atoms with E-state index in [0.29, 0.717) is 0 Å². The van der Waals surface area contributed by atoms with Crippen molar-refractivity contribution in [3.05, 3.63) is 47.5 Å². The zero-order valence-electron chi connectivity index (χ0n) is 8.18. The molecule has 2 aromatic rings. The molecule has 0 fully saturated rings. The topological polar surface area (TPSA) is 20.2 Å². The van der Waals surface area contributed by atoms with E-state index in [1.54, 1.807) is 0 Å². The van der Waals surface area contributed by atoms with Gasteiger partial charge in [0, 0.05) is 5.75 Å². The maximum atomic E-state index is 9.30. The SMILES string of the molecule is OCc1cccc2cccc(CSS)c12. The first-order valence-corrected chi connectivity index (χ1v) is 6.77. The Morgan fingerprint density at radius 3 is 2.33 bits per heavy atom. The molecular weight excluding hydrogens is 224 g/mol. The summed E-state index contributed by atoms with van der Waals surface area (Å²) in [6.45, 7) is 0.0889. The lowest BCUT2D eigenvalue weighted by molar-refractivity contribution is 0.283. The van der Waals surface area contributed by atoms with E-state index >= 15 is 0 Å². The number of hydrogen-bond donors (Lipinski definition) is 2. The van der Waals surface area contributed by atoms with E-state index in [1.807, 2.05) is 18.2 Å². The van der Waals surface area contributed by atoms with Crippen molar-refractivity contribution in [1.29, 1.82) is 0 Å². The first-order chi connectivity index (χ1) is 7.36. The molecule has 0 heterocycles. The van der Waals surface area contributed by atoms with Gasteiger partial charge in [0.2, 0.25) is 0 Å². The quantitative estimate of drug-likeness (QED) is 0.629. The highest BCUT2D eigenvalue weighted by molar-refractivity contribution is 8.68. The minimum absolute atomic E-state index is 0.0889. The van der Waals surface area contributed by atoms with Crippen LogP contribution in [-0.4, -0.2) is 5.11 Å². The van der Waals surface area contributed by atoms with Gasteiger partial charge >= 0.3 is 0 Å². The molecule has 0 amide bonds. The Hall–Kier alpha value is -0.640. The largest absolute Gasteiger partial charge is 0.392 e. The lowest BCUT2D eigenvalue weighted by Crippen LogP contribution is -1.90. The maximum Gasteiger partial charge on any atom is 0.0687 e. The van der Waals surface area contributed by atoms with Crippen LogP contribution in [0.25, 0.3) is 10.8 Å². The Labute approximate surface area is 98.3 Å². The van der Waals surface area contributed by atoms with Crippen molar-refractivity contribution in [3.63, 3.8) is 0 Å². The van der Waals surface area contributed by atoms with E-state index in [2.05, 4.69) is 29.9 Å². The molecule has 3 heteroatoms. The molecule has 15 heavy (non-hydrogen) atoms. The molecule has 2 rings (SSSR count). The fraction of sp³-hybridized carbons (Fsp3) is 0.167. The number of benzene rings is 2. The van der Waals surface area contributed by atoms with Crippen molar-refractivity contribution in [3.8, 4) is 0 Å². The molecular formula is C12H12OS2. The summed E-state index contributed by atoms with van der Waals surface area (Å²) in [5.41, 5.74) is 2.22. The summed E-state index contributed by atoms with van der Waals surface area (Å²) in [6, 6.07) is 12.2. The molecule has 0 aliphatic rings. The van der Waals surface area contributed by atoms with Crippen molar-refractivity contribution < 1.29 is 5.11 Å². The molecule has 0 saturated carbocycles. The predicted octanol–water partition coefficient (Wildman–Crippen LogP) is 3.41. The summed E-state index contributed by atoms with van der Waals surface area (Å²) in [5.74, 6) is 0.859. The highest BCUT2D eigenvalue weighted by Gasteiger charge is 2.04. The van der Waals surface area contributed by atoms with Gasteiger partial charge in [0.15, 0.2) is 0 Å². The highest BCUT2D eigenvalue weighted by Crippen LogP contribution is 2.27. The lowest BCUT2D eigenvalue weighted by atomic mass is 10.0. The van der Waals surface area contributed by atoms with Gasteiger partial charge in [0.05, 0.1) is 6.61 Å². The molecule has 0 spiro atoms. The minimum Gasteiger partial charge on any atom is -0.392 e. The number of hydrogen-bond acceptors (Lipinski definition) is 3. The van der Waals surface area contributed by atoms with Crippen LogP contribution in [0.3, 0.4) is 0 Å². The van der Waals surface area contributed by atoms with Gasteiger partial charge in [-0.1, -0.05) is 47.2 Å². The van der Waals surface area contributed by atoms with E-state index in [-0.39, 0.29) is 6.61 Å². The Bertz CT molecular complexity index is 463. The van der Waals surface area contributed by atoms with Gasteiger partial charge in [-0.05, 0) is 21.9 Å². The van der Waals surface area contributed by atoms with Crippen LogP contribution in [-0.2, 0) is 12.4 Å². The molecule has 0 saturated heterocycles. The second kappa shape index (κ2) is 4.92. The molecule has 0 unspecified atom stereocenters. The molecule has 0 aliphatic heterocycles. The van der Waals surface area contributed by atoms with Gasteiger partial charge in [0.25, 0.3) is 0 Å². The zero-order chi connectivity index (χ0) is 10.7. The van der Waals surface area contributed by atoms with E-state index in [4.69, 9.17) is 0 Å². The van der Waals surface area contributed by atoms with E-state index < -0.39 is 0 Å². The molecule has 0 aromatic heterocycles. The molecule has 0 aliphatic carbocycles. The first-order valence-electron chi connectivity index (χ1n) is 4.73. The second-order valence-corrected chi connectivity index (χ2v) is 4.69. The van der Waals surface area contributed by atoms with Crippen LogP contribution in [0.4, 0.5) is 0 Å². The molecule has 1 nitrogen and oxygen atoms in total. The smallest absolute Gasteiger partial charge is 0.0687 e. The fourth-order valence-corrected chi connectivity index (χ4v) is 2.62. The van der Waals surface area contributed by atoms with E-state index in [0.717, 1.165) is 11.3 Å². The maximum absolute atomic E-state index is 9.30. The number of thiol groups is 1. The monoisotopic (exact) mass is 236 g/mol. The van der Waals surface area contributed by atoms with Crippen LogP contribution >= 0.6 is 22.5 Å². The van der Waals surface area contributed by atoms with Gasteiger partial charge in [0.1, 0.15) is 0 Å². The van der Waals surface area contributed by atoms with Gasteiger partial charge in [-0.25, -0.2) is 0 Å². The second-order valence-electron chi connectivity index (χ2n) is 3.36. The van der Waals surface area contributed by atoms with Crippen molar-refractivity contribution in [2.45, 2.75) is 12.4 Å². The van der Waals surface area contributed by atoms with Crippen molar-refractivity contribution in [1.82, 2.24) is 0 Å². The first kappa shape index (κ1) is 10.9. The highest BCUT2D eigenvalue weighted by atomic mass is 33.1. The van der Waals surface area contributed by atoms with Crippen molar-refractivity contribution in [2.24, 2.45) is 0 Å². The van der Waals surface area contributed by atoms with Crippen LogP contribution in [0.2, 0.25) is 0 Å². The van der Waals surface area contributed by atoms with Crippen LogP contribution in [0.1, 0.15) is 11.1 Å². The third-order valence-electron chi connectivity index (χ3n) is 2.47. The van der Waals surface area contributed by atoms with E-state index in [1.165, 1.54) is 27.1 Å². The fourth-order valence-electron chi connectivity index (χ4n) is 1.82. The zero-order valence-corrected chi connectivity index (χ0v) is 9.89. The van der Waals surface area contributed by atoms with Crippen molar-refractivity contribution in [2.75, 3.05) is 0 Å². The Kier molecular flexibility index (Phi) is 3.57. The average Bonchev–Trinajstić information content (AvgIpc) is 2.29. The summed E-state index contributed by atoms with van der Waals surface area (Å²) in [5, 5.41) is 11.7. The number of fused-ring (bicyclic) bond motifs is 1. The lowest BCUT2D eigenvalue weighted by Gasteiger charge is -2.08. The van der Waals surface area contributed by atoms with Gasteiger partial charge in [-0.2, -0.15) is 0 Å². The van der Waals surface area contributed by atoms with Crippen LogP contribution in [0.5, 0.6) is 0 Å². The molecule has 0 radical (unpaired) electrons. The van der Waals surface area contributed by atoms with Crippen LogP contribution in [0, 0.1) is 0 Å². The standard InChI is InChI=1S/C12H12OS2/c13-7-10-5-1-3-9-4-2-6-11(8-15-14)12(9)10/h1-6,13-14H,7-8H2. The molecule has 2 aromatic carbocycles. The Morgan fingerprint density at radius 1 is 1.07 bits per heavy atom. The average molecular weight is 236 g/mol. The minimum atomic E-state index is 0.0889. The Balaban J connectivity index is 2.69. The van der Waals surface area contributed by atoms with Gasteiger partial charge in [-0.3, -0.25) is 0 Å². The molecule has 0 atom stereocenters. The molecule has 0 bridgehead atoms. The number of aliphatic hydroxyl groups excluding tert-OH is 1. The third kappa shape index (κ3) is 2.14. The van der Waals surface area contributed by atoms with E-state index in [9.17, 15) is 5.11 Å². The van der Waals surface area contributed by atoms with Gasteiger partial charge in [-0.15, -0.1) is 11.7 Å². The number of rotatable bonds is 3. The summed E-state index contributed by atoms with van der Waals surface area (Å²) >= 11 is 4.18. The summed E-state index contributed by atoms with van der Waals surface area (Å²) in [4.78, 5) is 0. The van der Waals surface area contributed by atoms with Crippen LogP contribution in [0.15, 0.2) is 36.4 Å². The van der Waals surface area contributed by atoms with Crippen molar-refractivity contribution >= 4 is 33.2 Å². The number of aliphatic hydroxyl groups is 1. The molecule has 1 N–H and O–H groups in total. The predicted molar refractivity (Wildman–Crippen MR) is 70.2 cm³/mol. The summed E-state index contributed by atoms with van der Waals surface area (Å²) in [6.07, 6.45) is 0.